The van der Waals surface area contributed by atoms with Crippen molar-refractivity contribution in [3.63, 3.8) is 0 Å². The molecule has 1 N–H and O–H groups in total. The van der Waals surface area contributed by atoms with Gasteiger partial charge in [0.25, 0.3) is 5.91 Å². The molecule has 4 rings (SSSR count). The van der Waals surface area contributed by atoms with Crippen LogP contribution in [-0.2, 0) is 16.6 Å². The van der Waals surface area contributed by atoms with Gasteiger partial charge >= 0.3 is 5.97 Å². The van der Waals surface area contributed by atoms with Gasteiger partial charge in [-0.3, -0.25) is 4.79 Å². The van der Waals surface area contributed by atoms with E-state index in [2.05, 4.69) is 11.4 Å². The molecule has 0 saturated heterocycles. The minimum atomic E-state index is -0.823. The van der Waals surface area contributed by atoms with E-state index in [0.29, 0.717) is 17.5 Å². The molecule has 1 aliphatic rings. The lowest BCUT2D eigenvalue weighted by Gasteiger charge is -2.21. The molecule has 3 aromatic rings. The Kier molecular flexibility index (Phi) is 7.53. The van der Waals surface area contributed by atoms with Gasteiger partial charge in [-0.05, 0) is 104 Å². The molecule has 36 heavy (non-hydrogen) atoms. The summed E-state index contributed by atoms with van der Waals surface area (Å²) < 4.78 is 31.5. The molecule has 1 amide bonds. The van der Waals surface area contributed by atoms with E-state index in [4.69, 9.17) is 4.74 Å². The summed E-state index contributed by atoms with van der Waals surface area (Å²) in [5.74, 6) is -2.17. The summed E-state index contributed by atoms with van der Waals surface area (Å²) in [5.41, 5.74) is 5.00. The molecule has 1 saturated carbocycles. The molecule has 188 valence electrons. The first-order chi connectivity index (χ1) is 17.2. The Morgan fingerprint density at radius 1 is 1.03 bits per heavy atom. The van der Waals surface area contributed by atoms with E-state index < -0.39 is 17.6 Å². The molecule has 0 spiro atoms. The number of amides is 1. The van der Waals surface area contributed by atoms with Crippen LogP contribution < -0.4 is 5.32 Å². The Hall–Kier alpha value is -3.54. The van der Waals surface area contributed by atoms with Crippen LogP contribution in [0.2, 0.25) is 0 Å². The van der Waals surface area contributed by atoms with Crippen molar-refractivity contribution in [2.45, 2.75) is 57.4 Å². The van der Waals surface area contributed by atoms with E-state index in [1.54, 1.807) is 18.2 Å². The van der Waals surface area contributed by atoms with Gasteiger partial charge in [-0.2, -0.15) is 0 Å². The fourth-order valence-electron chi connectivity index (χ4n) is 4.97. The van der Waals surface area contributed by atoms with Crippen molar-refractivity contribution in [3.05, 3.63) is 106 Å². The second-order valence-corrected chi connectivity index (χ2v) is 9.67. The first kappa shape index (κ1) is 25.5. The summed E-state index contributed by atoms with van der Waals surface area (Å²) in [6.07, 6.45) is 4.59. The van der Waals surface area contributed by atoms with E-state index in [9.17, 15) is 18.4 Å². The van der Waals surface area contributed by atoms with Crippen molar-refractivity contribution in [2.24, 2.45) is 0 Å². The molecule has 0 unspecified atom stereocenters. The van der Waals surface area contributed by atoms with Gasteiger partial charge < -0.3 is 10.1 Å². The van der Waals surface area contributed by atoms with E-state index in [0.717, 1.165) is 42.4 Å². The minimum absolute atomic E-state index is 0.0360. The van der Waals surface area contributed by atoms with Crippen molar-refractivity contribution < 1.29 is 23.1 Å². The van der Waals surface area contributed by atoms with Crippen LogP contribution in [-0.4, -0.2) is 19.0 Å². The number of ether oxygens (including phenoxy) is 1. The van der Waals surface area contributed by atoms with E-state index in [1.165, 1.54) is 24.8 Å². The number of nitrogens with one attached hydrogen (secondary N) is 1. The topological polar surface area (TPSA) is 55.4 Å². The highest BCUT2D eigenvalue weighted by Crippen LogP contribution is 2.53. The minimum Gasteiger partial charge on any atom is -0.465 e. The van der Waals surface area contributed by atoms with Gasteiger partial charge in [0.1, 0.15) is 0 Å². The number of carbonyl (C=O) groups is 2. The maximum Gasteiger partial charge on any atom is 0.337 e. The average Bonchev–Trinajstić information content (AvgIpc) is 3.66. The molecule has 0 radical (unpaired) electrons. The first-order valence-corrected chi connectivity index (χ1v) is 12.3. The van der Waals surface area contributed by atoms with Gasteiger partial charge in [0.15, 0.2) is 11.6 Å². The molecular weight excluding hydrogens is 460 g/mol. The van der Waals surface area contributed by atoms with Crippen molar-refractivity contribution >= 4 is 11.9 Å². The average molecular weight is 492 g/mol. The predicted molar refractivity (Wildman–Crippen MR) is 135 cm³/mol. The van der Waals surface area contributed by atoms with Crippen LogP contribution in [0.15, 0.2) is 60.7 Å². The number of hydrogen-bond acceptors (Lipinski definition) is 3. The Labute approximate surface area is 210 Å². The quantitative estimate of drug-likeness (QED) is 0.343. The summed E-state index contributed by atoms with van der Waals surface area (Å²) in [6.45, 7) is 3.90. The van der Waals surface area contributed by atoms with Crippen LogP contribution >= 0.6 is 0 Å². The smallest absolute Gasteiger partial charge is 0.337 e. The molecule has 1 fully saturated rings. The maximum absolute atomic E-state index is 13.5. The Balaban J connectivity index is 1.42. The van der Waals surface area contributed by atoms with Crippen molar-refractivity contribution in [1.82, 2.24) is 5.32 Å². The van der Waals surface area contributed by atoms with Gasteiger partial charge in [0.2, 0.25) is 0 Å². The Bertz CT molecular complexity index is 1270. The Morgan fingerprint density at radius 3 is 2.39 bits per heavy atom. The maximum atomic E-state index is 13.5. The van der Waals surface area contributed by atoms with Gasteiger partial charge in [-0.25, -0.2) is 13.6 Å². The standard InChI is InChI=1S/C30H31F2NO3/c1-19-24(28(34)33-20(2)22-10-12-23(13-11-22)29(35)36-3)7-4-8-25(19)30(16-17-30)15-5-6-21-9-14-26(31)27(32)18-21/h4,7-14,18,20H,5-6,15-17H2,1-3H3,(H,33,34)/t20-/m0/s1. The van der Waals surface area contributed by atoms with Crippen LogP contribution in [0.1, 0.15) is 81.6 Å². The highest BCUT2D eigenvalue weighted by Gasteiger charge is 2.44. The molecular formula is C30H31F2NO3. The van der Waals surface area contributed by atoms with Crippen LogP contribution in [0.5, 0.6) is 0 Å². The fraction of sp³-hybridized carbons (Fsp3) is 0.333. The normalized spacial score (nSPS) is 14.7. The molecule has 3 aromatic carbocycles. The van der Waals surface area contributed by atoms with Crippen LogP contribution in [0, 0.1) is 18.6 Å². The second-order valence-electron chi connectivity index (χ2n) is 9.67. The number of halogens is 2. The third-order valence-corrected chi connectivity index (χ3v) is 7.29. The monoisotopic (exact) mass is 491 g/mol. The molecule has 6 heteroatoms. The highest BCUT2D eigenvalue weighted by atomic mass is 19.2. The van der Waals surface area contributed by atoms with Gasteiger partial charge in [0.05, 0.1) is 18.7 Å². The van der Waals surface area contributed by atoms with Gasteiger partial charge in [-0.15, -0.1) is 0 Å². The molecule has 0 aromatic heterocycles. The number of aryl methyl sites for hydroxylation is 1. The molecule has 4 nitrogen and oxygen atoms in total. The van der Waals surface area contributed by atoms with Crippen LogP contribution in [0.3, 0.4) is 0 Å². The number of rotatable bonds is 9. The number of carbonyl (C=O) groups excluding carboxylic acids is 2. The summed E-state index contributed by atoms with van der Waals surface area (Å²) in [7, 11) is 1.34. The number of benzene rings is 3. The molecule has 0 aliphatic heterocycles. The molecule has 1 atom stereocenters. The lowest BCUT2D eigenvalue weighted by molar-refractivity contribution is 0.0600. The largest absolute Gasteiger partial charge is 0.465 e. The van der Waals surface area contributed by atoms with Gasteiger partial charge in [0, 0.05) is 5.56 Å². The van der Waals surface area contributed by atoms with Gasteiger partial charge in [-0.1, -0.05) is 30.3 Å². The van der Waals surface area contributed by atoms with E-state index in [1.807, 2.05) is 38.1 Å². The molecule has 0 heterocycles. The SMILES string of the molecule is COC(=O)c1ccc([C@H](C)NC(=O)c2cccc(C3(CCCc4ccc(F)c(F)c4)CC3)c2C)cc1. The number of esters is 1. The summed E-state index contributed by atoms with van der Waals surface area (Å²) in [5, 5.41) is 3.07. The summed E-state index contributed by atoms with van der Waals surface area (Å²) >= 11 is 0. The molecule has 0 bridgehead atoms. The highest BCUT2D eigenvalue weighted by molar-refractivity contribution is 5.96. The van der Waals surface area contributed by atoms with Crippen LogP contribution in [0.25, 0.3) is 0 Å². The number of hydrogen-bond donors (Lipinski definition) is 1. The van der Waals surface area contributed by atoms with Crippen molar-refractivity contribution in [1.29, 1.82) is 0 Å². The fourth-order valence-corrected chi connectivity index (χ4v) is 4.97. The Morgan fingerprint density at radius 2 is 1.75 bits per heavy atom. The first-order valence-electron chi connectivity index (χ1n) is 12.3. The van der Waals surface area contributed by atoms with Crippen molar-refractivity contribution in [3.8, 4) is 0 Å². The number of methoxy groups -OCH3 is 1. The summed E-state index contributed by atoms with van der Waals surface area (Å²) in [4.78, 5) is 24.8. The predicted octanol–water partition coefficient (Wildman–Crippen LogP) is 6.61. The van der Waals surface area contributed by atoms with E-state index in [-0.39, 0.29) is 17.4 Å². The lowest BCUT2D eigenvalue weighted by Crippen LogP contribution is -2.28. The zero-order valence-corrected chi connectivity index (χ0v) is 20.9. The van der Waals surface area contributed by atoms with Crippen molar-refractivity contribution in [2.75, 3.05) is 7.11 Å². The second kappa shape index (κ2) is 10.6. The lowest BCUT2D eigenvalue weighted by atomic mass is 9.85. The molecule has 1 aliphatic carbocycles. The third kappa shape index (κ3) is 5.48. The third-order valence-electron chi connectivity index (χ3n) is 7.29. The van der Waals surface area contributed by atoms with E-state index >= 15 is 0 Å². The zero-order valence-electron chi connectivity index (χ0n) is 20.9. The summed E-state index contributed by atoms with van der Waals surface area (Å²) in [6, 6.07) is 16.7. The zero-order chi connectivity index (χ0) is 25.9. The van der Waals surface area contributed by atoms with Crippen LogP contribution in [0.4, 0.5) is 8.78 Å².